The molecule has 12 heavy (non-hydrogen) atoms. The molecule has 0 saturated heterocycles. The molecule has 1 unspecified atom stereocenters. The van der Waals surface area contributed by atoms with Gasteiger partial charge < -0.3 is 9.80 Å². The summed E-state index contributed by atoms with van der Waals surface area (Å²) in [5.41, 5.74) is 2.94. The normalized spacial score (nSPS) is 24.2. The first-order chi connectivity index (χ1) is 5.63. The highest BCUT2D eigenvalue weighted by atomic mass is 15.4. The van der Waals surface area contributed by atoms with E-state index in [1.807, 2.05) is 0 Å². The van der Waals surface area contributed by atoms with Gasteiger partial charge in [-0.1, -0.05) is 6.92 Å². The summed E-state index contributed by atoms with van der Waals surface area (Å²) in [6, 6.07) is 0. The molecule has 70 valence electrons. The third-order valence-corrected chi connectivity index (χ3v) is 2.96. The minimum absolute atomic E-state index is 0.546. The van der Waals surface area contributed by atoms with Gasteiger partial charge in [0.1, 0.15) is 0 Å². The van der Waals surface area contributed by atoms with Crippen molar-refractivity contribution < 1.29 is 0 Å². The SMILES string of the molecule is CCC1=C(C)N(CC)C(C)N1C. The van der Waals surface area contributed by atoms with Crippen LogP contribution in [0, 0.1) is 0 Å². The van der Waals surface area contributed by atoms with Crippen molar-refractivity contribution in [2.45, 2.75) is 40.3 Å². The lowest BCUT2D eigenvalue weighted by molar-refractivity contribution is 0.184. The molecule has 0 spiro atoms. The average Bonchev–Trinajstić information content (AvgIpc) is 2.25. The van der Waals surface area contributed by atoms with Gasteiger partial charge in [0.25, 0.3) is 0 Å². The van der Waals surface area contributed by atoms with Gasteiger partial charge in [0, 0.05) is 25.0 Å². The van der Waals surface area contributed by atoms with E-state index in [4.69, 9.17) is 0 Å². The van der Waals surface area contributed by atoms with Crippen LogP contribution in [0.2, 0.25) is 0 Å². The van der Waals surface area contributed by atoms with Gasteiger partial charge in [-0.05, 0) is 27.2 Å². The minimum Gasteiger partial charge on any atom is -0.356 e. The zero-order valence-electron chi connectivity index (χ0n) is 8.89. The first-order valence-corrected chi connectivity index (χ1v) is 4.82. The minimum atomic E-state index is 0.546. The molecule has 0 aromatic heterocycles. The molecule has 0 aromatic carbocycles. The van der Waals surface area contributed by atoms with E-state index in [0.29, 0.717) is 6.17 Å². The summed E-state index contributed by atoms with van der Waals surface area (Å²) in [4.78, 5) is 4.82. The van der Waals surface area contributed by atoms with Crippen LogP contribution >= 0.6 is 0 Å². The molecular weight excluding hydrogens is 148 g/mol. The van der Waals surface area contributed by atoms with E-state index in [-0.39, 0.29) is 0 Å². The molecule has 0 aromatic rings. The first-order valence-electron chi connectivity index (χ1n) is 4.82. The van der Waals surface area contributed by atoms with Crippen LogP contribution in [0.5, 0.6) is 0 Å². The van der Waals surface area contributed by atoms with Crippen LogP contribution < -0.4 is 0 Å². The number of allylic oxidation sites excluding steroid dienone is 2. The Balaban J connectivity index is 2.89. The zero-order chi connectivity index (χ0) is 9.30. The smallest absolute Gasteiger partial charge is 0.0979 e. The highest BCUT2D eigenvalue weighted by Crippen LogP contribution is 2.28. The van der Waals surface area contributed by atoms with Crippen molar-refractivity contribution in [2.75, 3.05) is 13.6 Å². The summed E-state index contributed by atoms with van der Waals surface area (Å²) >= 11 is 0. The standard InChI is InChI=1S/C10H20N2/c1-6-10-8(3)12(7-2)9(4)11(10)5/h9H,6-7H2,1-5H3. The maximum atomic E-state index is 2.44. The summed E-state index contributed by atoms with van der Waals surface area (Å²) in [5.74, 6) is 0. The first kappa shape index (κ1) is 9.43. The molecule has 1 atom stereocenters. The lowest BCUT2D eigenvalue weighted by Crippen LogP contribution is -2.35. The Labute approximate surface area is 75.8 Å². The van der Waals surface area contributed by atoms with Gasteiger partial charge in [0.05, 0.1) is 6.17 Å². The Kier molecular flexibility index (Phi) is 2.65. The van der Waals surface area contributed by atoms with Crippen LogP contribution in [0.25, 0.3) is 0 Å². The molecule has 0 fully saturated rings. The van der Waals surface area contributed by atoms with Crippen molar-refractivity contribution in [2.24, 2.45) is 0 Å². The number of rotatable bonds is 2. The molecule has 0 N–H and O–H groups in total. The largest absolute Gasteiger partial charge is 0.356 e. The van der Waals surface area contributed by atoms with Crippen molar-refractivity contribution in [3.63, 3.8) is 0 Å². The van der Waals surface area contributed by atoms with Gasteiger partial charge in [-0.25, -0.2) is 0 Å². The van der Waals surface area contributed by atoms with Gasteiger partial charge in [0.2, 0.25) is 0 Å². The van der Waals surface area contributed by atoms with Gasteiger partial charge in [0.15, 0.2) is 0 Å². The van der Waals surface area contributed by atoms with Crippen LogP contribution in [-0.4, -0.2) is 29.6 Å². The molecule has 2 heteroatoms. The molecule has 1 heterocycles. The predicted molar refractivity (Wildman–Crippen MR) is 52.6 cm³/mol. The van der Waals surface area contributed by atoms with Crippen molar-refractivity contribution in [1.29, 1.82) is 0 Å². The third kappa shape index (κ3) is 1.19. The Morgan fingerprint density at radius 2 is 1.92 bits per heavy atom. The topological polar surface area (TPSA) is 6.48 Å². The fourth-order valence-electron chi connectivity index (χ4n) is 2.14. The Morgan fingerprint density at radius 3 is 2.17 bits per heavy atom. The van der Waals surface area contributed by atoms with E-state index in [1.54, 1.807) is 0 Å². The van der Waals surface area contributed by atoms with Crippen molar-refractivity contribution in [3.05, 3.63) is 11.4 Å². The summed E-state index contributed by atoms with van der Waals surface area (Å²) in [5, 5.41) is 0. The van der Waals surface area contributed by atoms with Crippen molar-refractivity contribution in [3.8, 4) is 0 Å². The second kappa shape index (κ2) is 3.38. The summed E-state index contributed by atoms with van der Waals surface area (Å²) in [6.07, 6.45) is 1.69. The molecule has 1 aliphatic heterocycles. The lowest BCUT2D eigenvalue weighted by atomic mass is 10.3. The second-order valence-corrected chi connectivity index (χ2v) is 3.41. The van der Waals surface area contributed by atoms with Crippen molar-refractivity contribution in [1.82, 2.24) is 9.80 Å². The number of hydrogen-bond acceptors (Lipinski definition) is 2. The summed E-state index contributed by atoms with van der Waals surface area (Å²) < 4.78 is 0. The Bertz CT molecular complexity index is 196. The molecule has 2 nitrogen and oxygen atoms in total. The van der Waals surface area contributed by atoms with E-state index in [1.165, 1.54) is 11.4 Å². The van der Waals surface area contributed by atoms with E-state index < -0.39 is 0 Å². The van der Waals surface area contributed by atoms with E-state index in [9.17, 15) is 0 Å². The van der Waals surface area contributed by atoms with Crippen molar-refractivity contribution >= 4 is 0 Å². The molecule has 1 rings (SSSR count). The van der Waals surface area contributed by atoms with Crippen LogP contribution in [0.4, 0.5) is 0 Å². The lowest BCUT2D eigenvalue weighted by Gasteiger charge is -2.28. The second-order valence-electron chi connectivity index (χ2n) is 3.41. The van der Waals surface area contributed by atoms with Crippen LogP contribution in [0.3, 0.4) is 0 Å². The van der Waals surface area contributed by atoms with Crippen LogP contribution in [0.15, 0.2) is 11.4 Å². The maximum absolute atomic E-state index is 2.44. The zero-order valence-corrected chi connectivity index (χ0v) is 8.89. The van der Waals surface area contributed by atoms with Gasteiger partial charge in [-0.15, -0.1) is 0 Å². The third-order valence-electron chi connectivity index (χ3n) is 2.96. The fourth-order valence-corrected chi connectivity index (χ4v) is 2.14. The fraction of sp³-hybridized carbons (Fsp3) is 0.800. The molecular formula is C10H20N2. The molecule has 0 saturated carbocycles. The number of nitrogens with zero attached hydrogens (tertiary/aromatic N) is 2. The van der Waals surface area contributed by atoms with E-state index >= 15 is 0 Å². The Hall–Kier alpha value is -0.660. The van der Waals surface area contributed by atoms with Crippen LogP contribution in [0.1, 0.15) is 34.1 Å². The molecule has 0 bridgehead atoms. The maximum Gasteiger partial charge on any atom is 0.0979 e. The van der Waals surface area contributed by atoms with Gasteiger partial charge in [-0.2, -0.15) is 0 Å². The molecule has 0 radical (unpaired) electrons. The Morgan fingerprint density at radius 1 is 1.33 bits per heavy atom. The van der Waals surface area contributed by atoms with Crippen LogP contribution in [-0.2, 0) is 0 Å². The van der Waals surface area contributed by atoms with E-state index in [0.717, 1.165) is 13.0 Å². The van der Waals surface area contributed by atoms with Gasteiger partial charge >= 0.3 is 0 Å². The highest BCUT2D eigenvalue weighted by Gasteiger charge is 2.27. The van der Waals surface area contributed by atoms with Gasteiger partial charge in [-0.3, -0.25) is 0 Å². The predicted octanol–water partition coefficient (Wildman–Crippen LogP) is 2.24. The molecule has 1 aliphatic rings. The van der Waals surface area contributed by atoms with E-state index in [2.05, 4.69) is 44.5 Å². The summed E-state index contributed by atoms with van der Waals surface area (Å²) in [7, 11) is 2.18. The average molecular weight is 168 g/mol. The summed E-state index contributed by atoms with van der Waals surface area (Å²) in [6.45, 7) is 10.0. The molecule has 0 amide bonds. The highest BCUT2D eigenvalue weighted by molar-refractivity contribution is 5.16. The molecule has 0 aliphatic carbocycles. The number of hydrogen-bond donors (Lipinski definition) is 0. The quantitative estimate of drug-likeness (QED) is 0.624. The monoisotopic (exact) mass is 168 g/mol.